The summed E-state index contributed by atoms with van der Waals surface area (Å²) in [6.45, 7) is 0. The van der Waals surface area contributed by atoms with Crippen molar-refractivity contribution in [1.82, 2.24) is 4.57 Å². The summed E-state index contributed by atoms with van der Waals surface area (Å²) in [5.74, 6) is 0. The largest absolute Gasteiger partial charge is 0.456 e. The van der Waals surface area contributed by atoms with E-state index in [1.165, 1.54) is 33.0 Å². The molecule has 0 amide bonds. The first kappa shape index (κ1) is 32.8. The van der Waals surface area contributed by atoms with Crippen LogP contribution < -0.4 is 4.90 Å². The average Bonchev–Trinajstić information content (AvgIpc) is 3.82. The van der Waals surface area contributed by atoms with Gasteiger partial charge < -0.3 is 13.9 Å². The standard InChI is InChI=1S/C54H36N2O/c1-3-15-37(16-4-1)38-27-30-41(31-28-38)55(49-23-11-7-19-43(49)39-17-5-2-6-18-39)42-32-33-46-45-21-9-13-25-51(45)56(52(46)36-42)50-24-12-8-20-44(50)40-29-34-54-48(35-40)47-22-10-14-26-53(47)57-54/h1-36H. The van der Waals surface area contributed by atoms with Gasteiger partial charge in [-0.05, 0) is 82.9 Å². The zero-order valence-corrected chi connectivity index (χ0v) is 31.1. The Labute approximate surface area is 330 Å². The molecule has 268 valence electrons. The van der Waals surface area contributed by atoms with E-state index in [9.17, 15) is 0 Å². The zero-order chi connectivity index (χ0) is 37.7. The van der Waals surface area contributed by atoms with E-state index in [0.29, 0.717) is 0 Å². The Morgan fingerprint density at radius 2 is 0.912 bits per heavy atom. The van der Waals surface area contributed by atoms with E-state index in [1.807, 2.05) is 12.1 Å². The summed E-state index contributed by atoms with van der Waals surface area (Å²) in [6, 6.07) is 78.3. The topological polar surface area (TPSA) is 21.3 Å². The van der Waals surface area contributed by atoms with Crippen LogP contribution in [0.1, 0.15) is 0 Å². The molecule has 3 heteroatoms. The summed E-state index contributed by atoms with van der Waals surface area (Å²) in [5, 5.41) is 4.67. The van der Waals surface area contributed by atoms with E-state index in [1.54, 1.807) is 0 Å². The van der Waals surface area contributed by atoms with Crippen LogP contribution in [0.25, 0.3) is 82.8 Å². The molecular weight excluding hydrogens is 693 g/mol. The summed E-state index contributed by atoms with van der Waals surface area (Å²) in [7, 11) is 0. The number of aromatic nitrogens is 1. The van der Waals surface area contributed by atoms with Crippen LogP contribution in [0.15, 0.2) is 223 Å². The predicted molar refractivity (Wildman–Crippen MR) is 239 cm³/mol. The van der Waals surface area contributed by atoms with Gasteiger partial charge in [-0.2, -0.15) is 0 Å². The maximum atomic E-state index is 6.23. The number of anilines is 3. The molecule has 0 atom stereocenters. The summed E-state index contributed by atoms with van der Waals surface area (Å²) in [4.78, 5) is 2.41. The van der Waals surface area contributed by atoms with Crippen molar-refractivity contribution in [3.63, 3.8) is 0 Å². The number of hydrogen-bond acceptors (Lipinski definition) is 2. The van der Waals surface area contributed by atoms with Crippen LogP contribution in [-0.2, 0) is 0 Å². The first-order valence-corrected chi connectivity index (χ1v) is 19.4. The van der Waals surface area contributed by atoms with Crippen molar-refractivity contribution in [3.8, 4) is 39.1 Å². The molecule has 3 nitrogen and oxygen atoms in total. The Morgan fingerprint density at radius 1 is 0.333 bits per heavy atom. The maximum Gasteiger partial charge on any atom is 0.135 e. The molecule has 0 aliphatic rings. The molecule has 0 unspecified atom stereocenters. The molecule has 0 spiro atoms. The van der Waals surface area contributed by atoms with Gasteiger partial charge in [-0.1, -0.05) is 158 Å². The fourth-order valence-corrected chi connectivity index (χ4v) is 8.56. The smallest absolute Gasteiger partial charge is 0.135 e. The summed E-state index contributed by atoms with van der Waals surface area (Å²) < 4.78 is 8.67. The molecular formula is C54H36N2O. The van der Waals surface area contributed by atoms with Gasteiger partial charge in [-0.25, -0.2) is 0 Å². The molecule has 2 heterocycles. The third-order valence-electron chi connectivity index (χ3n) is 11.2. The zero-order valence-electron chi connectivity index (χ0n) is 31.1. The van der Waals surface area contributed by atoms with Gasteiger partial charge in [0.2, 0.25) is 0 Å². The van der Waals surface area contributed by atoms with E-state index >= 15 is 0 Å². The Balaban J connectivity index is 1.13. The minimum Gasteiger partial charge on any atom is -0.456 e. The number of furan rings is 1. The molecule has 11 rings (SSSR count). The van der Waals surface area contributed by atoms with Gasteiger partial charge in [-0.3, -0.25) is 0 Å². The van der Waals surface area contributed by atoms with Gasteiger partial charge in [-0.15, -0.1) is 0 Å². The molecule has 0 saturated heterocycles. The van der Waals surface area contributed by atoms with E-state index in [0.717, 1.165) is 66.8 Å². The Hall–Kier alpha value is -7.62. The highest BCUT2D eigenvalue weighted by atomic mass is 16.3. The molecule has 11 aromatic rings. The van der Waals surface area contributed by atoms with Gasteiger partial charge in [0, 0.05) is 44.0 Å². The van der Waals surface area contributed by atoms with Crippen molar-refractivity contribution in [1.29, 1.82) is 0 Å². The van der Waals surface area contributed by atoms with Crippen LogP contribution in [0.5, 0.6) is 0 Å². The second-order valence-electron chi connectivity index (χ2n) is 14.5. The van der Waals surface area contributed by atoms with Crippen molar-refractivity contribution >= 4 is 60.8 Å². The molecule has 2 aromatic heterocycles. The molecule has 0 aliphatic heterocycles. The molecule has 0 fully saturated rings. The first-order chi connectivity index (χ1) is 28.3. The lowest BCUT2D eigenvalue weighted by Gasteiger charge is -2.28. The van der Waals surface area contributed by atoms with Gasteiger partial charge in [0.25, 0.3) is 0 Å². The highest BCUT2D eigenvalue weighted by Crippen LogP contribution is 2.44. The number of fused-ring (bicyclic) bond motifs is 6. The predicted octanol–water partition coefficient (Wildman–Crippen LogP) is 15.2. The lowest BCUT2D eigenvalue weighted by molar-refractivity contribution is 0.669. The van der Waals surface area contributed by atoms with Crippen molar-refractivity contribution in [3.05, 3.63) is 218 Å². The highest BCUT2D eigenvalue weighted by Gasteiger charge is 2.21. The van der Waals surface area contributed by atoms with E-state index in [2.05, 4.69) is 216 Å². The second kappa shape index (κ2) is 13.6. The third-order valence-corrected chi connectivity index (χ3v) is 11.2. The lowest BCUT2D eigenvalue weighted by atomic mass is 10.0. The van der Waals surface area contributed by atoms with Crippen molar-refractivity contribution < 1.29 is 4.42 Å². The number of nitrogens with zero attached hydrogens (tertiary/aromatic N) is 2. The normalized spacial score (nSPS) is 11.5. The summed E-state index contributed by atoms with van der Waals surface area (Å²) in [5.41, 5.74) is 15.5. The molecule has 0 aliphatic carbocycles. The minimum atomic E-state index is 0.895. The monoisotopic (exact) mass is 728 g/mol. The van der Waals surface area contributed by atoms with Crippen molar-refractivity contribution in [2.75, 3.05) is 4.90 Å². The van der Waals surface area contributed by atoms with Crippen LogP contribution in [-0.4, -0.2) is 4.57 Å². The van der Waals surface area contributed by atoms with Crippen LogP contribution in [0, 0.1) is 0 Å². The van der Waals surface area contributed by atoms with Gasteiger partial charge >= 0.3 is 0 Å². The average molecular weight is 729 g/mol. The van der Waals surface area contributed by atoms with Gasteiger partial charge in [0.05, 0.1) is 22.4 Å². The first-order valence-electron chi connectivity index (χ1n) is 19.4. The molecule has 0 radical (unpaired) electrons. The number of rotatable bonds is 7. The summed E-state index contributed by atoms with van der Waals surface area (Å²) in [6.07, 6.45) is 0. The third kappa shape index (κ3) is 5.60. The van der Waals surface area contributed by atoms with Crippen molar-refractivity contribution in [2.45, 2.75) is 0 Å². The number of benzene rings is 9. The van der Waals surface area contributed by atoms with E-state index in [4.69, 9.17) is 4.42 Å². The SMILES string of the molecule is c1ccc(-c2ccc(N(c3ccc4c5ccccc5n(-c5ccccc5-c5ccc6oc7ccccc7c6c5)c4c3)c3ccccc3-c3ccccc3)cc2)cc1. The summed E-state index contributed by atoms with van der Waals surface area (Å²) >= 11 is 0. The lowest BCUT2D eigenvalue weighted by Crippen LogP contribution is -2.11. The minimum absolute atomic E-state index is 0.895. The molecule has 0 saturated carbocycles. The number of hydrogen-bond donors (Lipinski definition) is 0. The second-order valence-corrected chi connectivity index (χ2v) is 14.5. The molecule has 0 N–H and O–H groups in total. The number of para-hydroxylation sites is 4. The van der Waals surface area contributed by atoms with Crippen molar-refractivity contribution in [2.24, 2.45) is 0 Å². The quantitative estimate of drug-likeness (QED) is 0.163. The van der Waals surface area contributed by atoms with Crippen LogP contribution in [0.4, 0.5) is 17.1 Å². The van der Waals surface area contributed by atoms with E-state index < -0.39 is 0 Å². The molecule has 0 bridgehead atoms. The van der Waals surface area contributed by atoms with Crippen LogP contribution in [0.3, 0.4) is 0 Å². The Morgan fingerprint density at radius 3 is 1.74 bits per heavy atom. The van der Waals surface area contributed by atoms with Crippen LogP contribution in [0.2, 0.25) is 0 Å². The molecule has 9 aromatic carbocycles. The Kier molecular flexibility index (Phi) is 7.82. The van der Waals surface area contributed by atoms with Gasteiger partial charge in [0.1, 0.15) is 11.2 Å². The molecule has 57 heavy (non-hydrogen) atoms. The Bertz CT molecular complexity index is 3230. The highest BCUT2D eigenvalue weighted by molar-refractivity contribution is 6.11. The fourth-order valence-electron chi connectivity index (χ4n) is 8.56. The fraction of sp³-hybridized carbons (Fsp3) is 0. The maximum absolute atomic E-state index is 6.23. The van der Waals surface area contributed by atoms with Gasteiger partial charge in [0.15, 0.2) is 0 Å². The van der Waals surface area contributed by atoms with Crippen LogP contribution >= 0.6 is 0 Å². The van der Waals surface area contributed by atoms with E-state index in [-0.39, 0.29) is 0 Å².